The van der Waals surface area contributed by atoms with E-state index in [1.165, 1.54) is 6.07 Å². The smallest absolute Gasteiger partial charge is 0.345 e. The lowest BCUT2D eigenvalue weighted by atomic mass is 10.0. The Kier molecular flexibility index (Phi) is 9.26. The average molecular weight is 627 g/mol. The number of carbonyl (C=O) groups is 2. The van der Waals surface area contributed by atoms with Crippen molar-refractivity contribution < 1.29 is 23.1 Å². The quantitative estimate of drug-likeness (QED) is 0.0898. The zero-order chi connectivity index (χ0) is 32.0. The molecule has 3 aromatic carbocycles. The van der Waals surface area contributed by atoms with Crippen LogP contribution >= 0.6 is 0 Å². The number of fused-ring (bicyclic) bond motifs is 1. The number of nitrogens with one attached hydrogen (secondary N) is 4. The number of carbonyl (C=O) groups excluding carboxylic acids is 1. The summed E-state index contributed by atoms with van der Waals surface area (Å²) >= 11 is 0. The van der Waals surface area contributed by atoms with Crippen molar-refractivity contribution in [3.63, 3.8) is 0 Å². The van der Waals surface area contributed by atoms with Gasteiger partial charge in [-0.25, -0.2) is 18.2 Å². The highest BCUT2D eigenvalue weighted by molar-refractivity contribution is 7.89. The van der Waals surface area contributed by atoms with E-state index < -0.39 is 27.6 Å². The van der Waals surface area contributed by atoms with Gasteiger partial charge >= 0.3 is 5.97 Å². The first-order valence-corrected chi connectivity index (χ1v) is 15.9. The van der Waals surface area contributed by atoms with Crippen LogP contribution in [-0.4, -0.2) is 52.8 Å². The molecule has 5 rings (SSSR count). The molecule has 1 amide bonds. The molecule has 1 atom stereocenters. The molecular weight excluding hydrogens is 592 g/mol. The maximum atomic E-state index is 14.0. The number of aliphatic carboxylic acids is 1. The van der Waals surface area contributed by atoms with Gasteiger partial charge in [-0.1, -0.05) is 48.5 Å². The molecule has 45 heavy (non-hydrogen) atoms. The van der Waals surface area contributed by atoms with E-state index in [1.807, 2.05) is 36.4 Å². The molecule has 0 bridgehead atoms. The predicted octanol–water partition coefficient (Wildman–Crippen LogP) is 5.01. The maximum absolute atomic E-state index is 14.0. The number of H-pyrrole nitrogens is 1. The molecule has 0 radical (unpaired) electrons. The molecule has 2 aromatic heterocycles. The van der Waals surface area contributed by atoms with E-state index in [1.54, 1.807) is 62.6 Å². The molecule has 0 fully saturated rings. The predicted molar refractivity (Wildman–Crippen MR) is 172 cm³/mol. The van der Waals surface area contributed by atoms with Crippen LogP contribution in [0.25, 0.3) is 22.0 Å². The molecule has 0 aliphatic rings. The Labute approximate surface area is 261 Å². The van der Waals surface area contributed by atoms with Crippen LogP contribution in [0.1, 0.15) is 40.7 Å². The number of rotatable bonds is 13. The minimum atomic E-state index is -4.45. The van der Waals surface area contributed by atoms with Crippen molar-refractivity contribution in [2.24, 2.45) is 0 Å². The van der Waals surface area contributed by atoms with Crippen molar-refractivity contribution >= 4 is 38.6 Å². The molecule has 0 saturated carbocycles. The standard InChI is InChI=1S/C33H34N6O5S/c1-22-18-26(24-10-4-3-5-11-24)19-23(2)30(22)45(43,44)39-33(32(41)42,15-7-9-17-35-29-12-6-8-16-34-29)37-31(40)25-13-14-28-27(20-25)21-36-38-28/h3-6,8,10-14,16,18-21,39H,7,9,15,17H2,1-2H3,(H,34,35)(H,36,38)(H,37,40)(H,41,42). The molecule has 5 aromatic rings. The van der Waals surface area contributed by atoms with E-state index in [-0.39, 0.29) is 23.3 Å². The first-order chi connectivity index (χ1) is 21.6. The number of aromatic nitrogens is 3. The minimum Gasteiger partial charge on any atom is -0.478 e. The number of aryl methyl sites for hydroxylation is 2. The molecule has 232 valence electrons. The summed E-state index contributed by atoms with van der Waals surface area (Å²) in [6.45, 7) is 3.79. The van der Waals surface area contributed by atoms with Gasteiger partial charge in [-0.3, -0.25) is 9.89 Å². The van der Waals surface area contributed by atoms with Crippen LogP contribution in [0.4, 0.5) is 5.82 Å². The summed E-state index contributed by atoms with van der Waals surface area (Å²) in [5, 5.41) is 23.6. The molecule has 2 heterocycles. The first-order valence-electron chi connectivity index (χ1n) is 14.4. The van der Waals surface area contributed by atoms with Gasteiger partial charge in [-0.15, -0.1) is 0 Å². The van der Waals surface area contributed by atoms with E-state index in [0.717, 1.165) is 11.1 Å². The van der Waals surface area contributed by atoms with Gasteiger partial charge in [-0.2, -0.15) is 9.82 Å². The van der Waals surface area contributed by atoms with Crippen molar-refractivity contribution in [1.29, 1.82) is 0 Å². The highest BCUT2D eigenvalue weighted by Crippen LogP contribution is 2.29. The lowest BCUT2D eigenvalue weighted by Crippen LogP contribution is -2.65. The third-order valence-corrected chi connectivity index (χ3v) is 9.29. The Hall–Kier alpha value is -5.07. The molecule has 1 unspecified atom stereocenters. The molecule has 0 aliphatic heterocycles. The SMILES string of the molecule is Cc1cc(-c2ccccc2)cc(C)c1S(=O)(=O)NC(CCCCNc1ccccn1)(NC(=O)c1ccc2[nH]ncc2c1)C(=O)O. The Morgan fingerprint density at radius 1 is 0.911 bits per heavy atom. The van der Waals surface area contributed by atoms with Crippen molar-refractivity contribution in [3.05, 3.63) is 108 Å². The minimum absolute atomic E-state index is 0.0429. The number of carboxylic acid groups (broad SMARTS) is 1. The van der Waals surface area contributed by atoms with Crippen LogP contribution in [0.5, 0.6) is 0 Å². The molecular formula is C33H34N6O5S. The van der Waals surface area contributed by atoms with E-state index in [4.69, 9.17) is 0 Å². The van der Waals surface area contributed by atoms with Crippen molar-refractivity contribution in [3.8, 4) is 11.1 Å². The largest absolute Gasteiger partial charge is 0.478 e. The van der Waals surface area contributed by atoms with E-state index in [9.17, 15) is 23.1 Å². The fourth-order valence-corrected chi connectivity index (χ4v) is 7.11. The van der Waals surface area contributed by atoms with Gasteiger partial charge in [0, 0.05) is 23.7 Å². The first kappa shape index (κ1) is 31.4. The number of aromatic amines is 1. The van der Waals surface area contributed by atoms with Crippen LogP contribution in [-0.2, 0) is 14.8 Å². The summed E-state index contributed by atoms with van der Waals surface area (Å²) in [6.07, 6.45) is 3.72. The lowest BCUT2D eigenvalue weighted by Gasteiger charge is -2.32. The van der Waals surface area contributed by atoms with Crippen LogP contribution in [0, 0.1) is 13.8 Å². The van der Waals surface area contributed by atoms with Gasteiger partial charge in [0.1, 0.15) is 5.82 Å². The topological polar surface area (TPSA) is 166 Å². The van der Waals surface area contributed by atoms with Crippen LogP contribution in [0.15, 0.2) is 96.2 Å². The third kappa shape index (κ3) is 7.19. The summed E-state index contributed by atoms with van der Waals surface area (Å²) in [5.74, 6) is -1.61. The second-order valence-corrected chi connectivity index (χ2v) is 12.5. The zero-order valence-electron chi connectivity index (χ0n) is 24.9. The number of sulfonamides is 1. The van der Waals surface area contributed by atoms with Gasteiger partial charge in [0.25, 0.3) is 5.91 Å². The van der Waals surface area contributed by atoms with E-state index in [0.29, 0.717) is 40.8 Å². The van der Waals surface area contributed by atoms with Crippen LogP contribution in [0.2, 0.25) is 0 Å². The number of hydrogen-bond donors (Lipinski definition) is 5. The average Bonchev–Trinajstić information content (AvgIpc) is 3.49. The molecule has 0 saturated heterocycles. The fraction of sp³-hybridized carbons (Fsp3) is 0.212. The van der Waals surface area contributed by atoms with Crippen LogP contribution < -0.4 is 15.4 Å². The normalized spacial score (nSPS) is 12.8. The third-order valence-electron chi connectivity index (χ3n) is 7.49. The summed E-state index contributed by atoms with van der Waals surface area (Å²) in [7, 11) is -4.45. The highest BCUT2D eigenvalue weighted by Gasteiger charge is 2.44. The number of carboxylic acids is 1. The number of benzene rings is 3. The summed E-state index contributed by atoms with van der Waals surface area (Å²) in [5.41, 5.74) is 1.14. The molecule has 5 N–H and O–H groups in total. The van der Waals surface area contributed by atoms with Gasteiger partial charge in [-0.05, 0) is 85.7 Å². The van der Waals surface area contributed by atoms with Gasteiger partial charge < -0.3 is 15.7 Å². The monoisotopic (exact) mass is 626 g/mol. The Balaban J connectivity index is 1.44. The van der Waals surface area contributed by atoms with Gasteiger partial charge in [0.2, 0.25) is 15.7 Å². The Bertz CT molecular complexity index is 1910. The van der Waals surface area contributed by atoms with Gasteiger partial charge in [0.05, 0.1) is 16.6 Å². The number of amides is 1. The molecule has 0 aliphatic carbocycles. The van der Waals surface area contributed by atoms with Gasteiger partial charge in [0.15, 0.2) is 0 Å². The van der Waals surface area contributed by atoms with Crippen LogP contribution in [0.3, 0.4) is 0 Å². The van der Waals surface area contributed by atoms with E-state index >= 15 is 0 Å². The van der Waals surface area contributed by atoms with Crippen molar-refractivity contribution in [2.75, 3.05) is 11.9 Å². The molecule has 0 spiro atoms. The summed E-state index contributed by atoms with van der Waals surface area (Å²) in [4.78, 5) is 30.6. The molecule has 12 heteroatoms. The van der Waals surface area contributed by atoms with E-state index in [2.05, 4.69) is 30.5 Å². The lowest BCUT2D eigenvalue weighted by molar-refractivity contribution is -0.145. The summed E-state index contributed by atoms with van der Waals surface area (Å²) in [6, 6.07) is 23.2. The Morgan fingerprint density at radius 3 is 2.33 bits per heavy atom. The zero-order valence-corrected chi connectivity index (χ0v) is 25.7. The van der Waals surface area contributed by atoms with Crippen molar-refractivity contribution in [2.45, 2.75) is 43.7 Å². The second-order valence-electron chi connectivity index (χ2n) is 10.8. The highest BCUT2D eigenvalue weighted by atomic mass is 32.2. The number of nitrogens with zero attached hydrogens (tertiary/aromatic N) is 2. The Morgan fingerprint density at radius 2 is 1.64 bits per heavy atom. The number of unbranched alkanes of at least 4 members (excludes halogenated alkanes) is 1. The molecule has 11 nitrogen and oxygen atoms in total. The maximum Gasteiger partial charge on any atom is 0.345 e. The summed E-state index contributed by atoms with van der Waals surface area (Å²) < 4.78 is 30.4. The number of anilines is 1. The second kappa shape index (κ2) is 13.3. The number of pyridine rings is 1. The van der Waals surface area contributed by atoms with Crippen molar-refractivity contribution in [1.82, 2.24) is 25.2 Å². The fourth-order valence-electron chi connectivity index (χ4n) is 5.34. The number of hydrogen-bond acceptors (Lipinski definition) is 7.